The van der Waals surface area contributed by atoms with Gasteiger partial charge in [0.2, 0.25) is 0 Å². The van der Waals surface area contributed by atoms with Gasteiger partial charge in [0.25, 0.3) is 0 Å². The fourth-order valence-electron chi connectivity index (χ4n) is 4.22. The van der Waals surface area contributed by atoms with Crippen molar-refractivity contribution in [3.63, 3.8) is 0 Å². The first-order chi connectivity index (χ1) is 11.9. The van der Waals surface area contributed by atoms with E-state index in [0.29, 0.717) is 12.0 Å². The van der Waals surface area contributed by atoms with E-state index in [-0.39, 0.29) is 23.9 Å². The molecule has 6 heteroatoms. The van der Waals surface area contributed by atoms with E-state index in [1.165, 1.54) is 6.92 Å². The second-order valence-corrected chi connectivity index (χ2v) is 9.96. The molecule has 1 aliphatic carbocycles. The van der Waals surface area contributed by atoms with Crippen molar-refractivity contribution in [1.82, 2.24) is 0 Å². The molecule has 0 radical (unpaired) electrons. The topological polar surface area (TPSA) is 77.5 Å². The van der Waals surface area contributed by atoms with E-state index in [1.807, 2.05) is 13.0 Å². The summed E-state index contributed by atoms with van der Waals surface area (Å²) in [5.74, 6) is -0.853. The van der Waals surface area contributed by atoms with E-state index in [4.69, 9.17) is 4.74 Å². The summed E-state index contributed by atoms with van der Waals surface area (Å²) in [6.45, 7) is 12.5. The standard InChI is InChI=1S/C20H28O5S/c1-12(2)16-8-7-14(4)19(22)20(16,6)18(25-15(5)21)11-17-13(3)9-10-26(17,23)24/h7,9,16-18H,1,8,10-11H2,2-6H3/t16-,17?,18+,20+/m1/s1. The molecule has 2 aliphatic rings. The van der Waals surface area contributed by atoms with E-state index >= 15 is 0 Å². The molecule has 0 N–H and O–H groups in total. The van der Waals surface area contributed by atoms with Gasteiger partial charge in [0.1, 0.15) is 6.10 Å². The van der Waals surface area contributed by atoms with Gasteiger partial charge in [-0.1, -0.05) is 29.9 Å². The van der Waals surface area contributed by atoms with Gasteiger partial charge >= 0.3 is 5.97 Å². The molecular weight excluding hydrogens is 352 g/mol. The second-order valence-electron chi connectivity index (χ2n) is 7.73. The van der Waals surface area contributed by atoms with Crippen LogP contribution in [-0.4, -0.2) is 37.3 Å². The maximum Gasteiger partial charge on any atom is 0.302 e. The lowest BCUT2D eigenvalue weighted by atomic mass is 9.61. The van der Waals surface area contributed by atoms with Crippen LogP contribution in [0.15, 0.2) is 35.5 Å². The average molecular weight is 381 g/mol. The normalized spacial score (nSPS) is 31.8. The third-order valence-electron chi connectivity index (χ3n) is 5.81. The molecule has 0 aromatic rings. The van der Waals surface area contributed by atoms with Gasteiger partial charge in [-0.05, 0) is 45.6 Å². The minimum absolute atomic E-state index is 0.0101. The summed E-state index contributed by atoms with van der Waals surface area (Å²) in [6, 6.07) is 0. The minimum atomic E-state index is -3.33. The molecule has 0 aromatic carbocycles. The van der Waals surface area contributed by atoms with Crippen LogP contribution < -0.4 is 0 Å². The molecule has 2 rings (SSSR count). The smallest absolute Gasteiger partial charge is 0.302 e. The molecule has 1 unspecified atom stereocenters. The van der Waals surface area contributed by atoms with E-state index in [1.54, 1.807) is 26.8 Å². The van der Waals surface area contributed by atoms with Crippen LogP contribution in [0.5, 0.6) is 0 Å². The van der Waals surface area contributed by atoms with Gasteiger partial charge in [-0.15, -0.1) is 0 Å². The largest absolute Gasteiger partial charge is 0.461 e. The Bertz CT molecular complexity index is 802. The SMILES string of the molecule is C=C(C)[C@H]1CC=C(C)C(=O)[C@]1(C)[C@H](CC1C(C)=CCS1(=O)=O)OC(C)=O. The Balaban J connectivity index is 2.51. The molecule has 0 fully saturated rings. The lowest BCUT2D eigenvalue weighted by Gasteiger charge is -2.45. The molecule has 0 saturated carbocycles. The number of hydrogen-bond acceptors (Lipinski definition) is 5. The highest BCUT2D eigenvalue weighted by Crippen LogP contribution is 2.47. The van der Waals surface area contributed by atoms with Crippen LogP contribution >= 0.6 is 0 Å². The van der Waals surface area contributed by atoms with Gasteiger partial charge in [-0.25, -0.2) is 8.42 Å². The molecule has 4 atom stereocenters. The fraction of sp³-hybridized carbons (Fsp3) is 0.600. The van der Waals surface area contributed by atoms with Crippen molar-refractivity contribution >= 4 is 21.6 Å². The summed E-state index contributed by atoms with van der Waals surface area (Å²) in [4.78, 5) is 24.9. The van der Waals surface area contributed by atoms with Gasteiger partial charge in [0.15, 0.2) is 15.6 Å². The number of carbonyl (C=O) groups is 2. The van der Waals surface area contributed by atoms with Crippen molar-refractivity contribution in [2.75, 3.05) is 5.75 Å². The Morgan fingerprint density at radius 1 is 1.35 bits per heavy atom. The Kier molecular flexibility index (Phi) is 5.66. The predicted molar refractivity (Wildman–Crippen MR) is 101 cm³/mol. The van der Waals surface area contributed by atoms with E-state index in [0.717, 1.165) is 11.1 Å². The van der Waals surface area contributed by atoms with Crippen molar-refractivity contribution in [3.8, 4) is 0 Å². The van der Waals surface area contributed by atoms with Crippen LogP contribution in [0.4, 0.5) is 0 Å². The van der Waals surface area contributed by atoms with Crippen molar-refractivity contribution in [1.29, 1.82) is 0 Å². The number of Topliss-reactive ketones (excluding diaryl/α,β-unsaturated/α-hetero) is 1. The number of rotatable bonds is 5. The van der Waals surface area contributed by atoms with Crippen molar-refractivity contribution < 1.29 is 22.7 Å². The number of hydrogen-bond donors (Lipinski definition) is 0. The van der Waals surface area contributed by atoms with Gasteiger partial charge in [-0.2, -0.15) is 0 Å². The van der Waals surface area contributed by atoms with Gasteiger partial charge < -0.3 is 4.74 Å². The first kappa shape index (κ1) is 20.6. The first-order valence-corrected chi connectivity index (χ1v) is 10.5. The van der Waals surface area contributed by atoms with E-state index in [2.05, 4.69) is 6.58 Å². The van der Waals surface area contributed by atoms with Crippen molar-refractivity contribution in [2.24, 2.45) is 11.3 Å². The molecular formula is C20H28O5S. The number of carbonyl (C=O) groups excluding carboxylic acids is 2. The van der Waals surface area contributed by atoms with E-state index < -0.39 is 32.6 Å². The van der Waals surface area contributed by atoms with Gasteiger partial charge in [0.05, 0.1) is 16.4 Å². The molecule has 0 bridgehead atoms. The van der Waals surface area contributed by atoms with Gasteiger partial charge in [-0.3, -0.25) is 9.59 Å². The average Bonchev–Trinajstić information content (AvgIpc) is 2.78. The zero-order valence-corrected chi connectivity index (χ0v) is 17.0. The Morgan fingerprint density at radius 3 is 2.42 bits per heavy atom. The molecule has 0 spiro atoms. The lowest BCUT2D eigenvalue weighted by Crippen LogP contribution is -2.51. The van der Waals surface area contributed by atoms with Crippen LogP contribution in [-0.2, 0) is 24.2 Å². The molecule has 1 aliphatic heterocycles. The minimum Gasteiger partial charge on any atom is -0.461 e. The summed E-state index contributed by atoms with van der Waals surface area (Å²) < 4.78 is 30.4. The van der Waals surface area contributed by atoms with Crippen LogP contribution in [0.1, 0.15) is 47.5 Å². The maximum absolute atomic E-state index is 13.1. The Hall–Kier alpha value is -1.69. The molecule has 0 aromatic heterocycles. The van der Waals surface area contributed by atoms with Crippen molar-refractivity contribution in [3.05, 3.63) is 35.5 Å². The number of ketones is 1. The highest BCUT2D eigenvalue weighted by Gasteiger charge is 2.53. The Labute approximate surface area is 156 Å². The number of ether oxygens (including phenoxy) is 1. The highest BCUT2D eigenvalue weighted by molar-refractivity contribution is 7.92. The van der Waals surface area contributed by atoms with Crippen LogP contribution in [0.3, 0.4) is 0 Å². The monoisotopic (exact) mass is 380 g/mol. The Morgan fingerprint density at radius 2 is 1.96 bits per heavy atom. The van der Waals surface area contributed by atoms with Crippen molar-refractivity contribution in [2.45, 2.75) is 58.8 Å². The van der Waals surface area contributed by atoms with E-state index in [9.17, 15) is 18.0 Å². The first-order valence-electron chi connectivity index (χ1n) is 8.83. The summed E-state index contributed by atoms with van der Waals surface area (Å²) in [7, 11) is -3.33. The molecule has 1 heterocycles. The summed E-state index contributed by atoms with van der Waals surface area (Å²) in [5.41, 5.74) is 1.15. The van der Waals surface area contributed by atoms with Crippen LogP contribution in [0.25, 0.3) is 0 Å². The van der Waals surface area contributed by atoms with Gasteiger partial charge in [0, 0.05) is 13.3 Å². The third-order valence-corrected chi connectivity index (χ3v) is 7.87. The second kappa shape index (κ2) is 7.14. The number of allylic oxidation sites excluding steroid dienone is 3. The number of esters is 1. The quantitative estimate of drug-likeness (QED) is 0.541. The summed E-state index contributed by atoms with van der Waals surface area (Å²) in [5, 5.41) is -0.728. The predicted octanol–water partition coefficient (Wildman–Crippen LogP) is 3.17. The molecule has 26 heavy (non-hydrogen) atoms. The number of sulfone groups is 1. The van der Waals surface area contributed by atoms with Crippen LogP contribution in [0.2, 0.25) is 0 Å². The third kappa shape index (κ3) is 3.56. The lowest BCUT2D eigenvalue weighted by molar-refractivity contribution is -0.160. The molecule has 0 amide bonds. The molecule has 144 valence electrons. The molecule has 5 nitrogen and oxygen atoms in total. The summed E-state index contributed by atoms with van der Waals surface area (Å²) >= 11 is 0. The zero-order chi connectivity index (χ0) is 19.9. The maximum atomic E-state index is 13.1. The highest BCUT2D eigenvalue weighted by atomic mass is 32.2. The summed E-state index contributed by atoms with van der Waals surface area (Å²) in [6.07, 6.45) is 3.44. The fourth-order valence-corrected chi connectivity index (χ4v) is 6.08. The van der Waals surface area contributed by atoms with Crippen LogP contribution in [0, 0.1) is 11.3 Å². The zero-order valence-electron chi connectivity index (χ0n) is 16.2. The molecule has 0 saturated heterocycles.